The molecule has 29 heavy (non-hydrogen) atoms. The lowest BCUT2D eigenvalue weighted by Gasteiger charge is -2.17. The van der Waals surface area contributed by atoms with Crippen LogP contribution in [0.4, 0.5) is 8.78 Å². The summed E-state index contributed by atoms with van der Waals surface area (Å²) in [5, 5.41) is 8.19. The fourth-order valence-corrected chi connectivity index (χ4v) is 3.21. The summed E-state index contributed by atoms with van der Waals surface area (Å²) in [6.45, 7) is 0.292. The minimum absolute atomic E-state index is 0.0661. The fraction of sp³-hybridized carbons (Fsp3) is 0.211. The van der Waals surface area contributed by atoms with Crippen molar-refractivity contribution in [1.29, 1.82) is 0 Å². The van der Waals surface area contributed by atoms with Crippen molar-refractivity contribution in [2.45, 2.75) is 18.3 Å². The van der Waals surface area contributed by atoms with Gasteiger partial charge in [-0.3, -0.25) is 4.79 Å². The Balaban J connectivity index is 1.52. The van der Waals surface area contributed by atoms with E-state index in [1.54, 1.807) is 31.3 Å². The van der Waals surface area contributed by atoms with Gasteiger partial charge in [-0.05, 0) is 29.8 Å². The molecule has 0 saturated carbocycles. The van der Waals surface area contributed by atoms with Crippen molar-refractivity contribution < 1.29 is 18.3 Å². The van der Waals surface area contributed by atoms with Gasteiger partial charge in [-0.1, -0.05) is 36.0 Å². The van der Waals surface area contributed by atoms with E-state index in [0.29, 0.717) is 17.5 Å². The SMILES string of the molecule is CN(Cc1ccc(F)cc1)C(=O)CSc1nnc(COc2ccccc2F)n1N. The number of carbonyl (C=O) groups is 1. The van der Waals surface area contributed by atoms with Crippen LogP contribution in [0.15, 0.2) is 53.7 Å². The number of thioether (sulfide) groups is 1. The van der Waals surface area contributed by atoms with Crippen molar-refractivity contribution in [2.75, 3.05) is 18.6 Å². The molecule has 152 valence electrons. The van der Waals surface area contributed by atoms with E-state index in [-0.39, 0.29) is 29.8 Å². The van der Waals surface area contributed by atoms with E-state index in [1.807, 2.05) is 0 Å². The monoisotopic (exact) mass is 419 g/mol. The Hall–Kier alpha value is -3.14. The zero-order valence-corrected chi connectivity index (χ0v) is 16.4. The maximum atomic E-state index is 13.6. The van der Waals surface area contributed by atoms with Crippen molar-refractivity contribution >= 4 is 17.7 Å². The van der Waals surface area contributed by atoms with Crippen molar-refractivity contribution in [1.82, 2.24) is 19.8 Å². The lowest BCUT2D eigenvalue weighted by Crippen LogP contribution is -2.28. The first kappa shape index (κ1) is 20.6. The van der Waals surface area contributed by atoms with Crippen LogP contribution in [0, 0.1) is 11.6 Å². The summed E-state index contributed by atoms with van der Waals surface area (Å²) in [5.74, 6) is 5.46. The molecule has 3 aromatic rings. The highest BCUT2D eigenvalue weighted by atomic mass is 32.2. The highest BCUT2D eigenvalue weighted by molar-refractivity contribution is 7.99. The number of aromatic nitrogens is 3. The van der Waals surface area contributed by atoms with Gasteiger partial charge in [0.25, 0.3) is 0 Å². The normalized spacial score (nSPS) is 10.7. The lowest BCUT2D eigenvalue weighted by atomic mass is 10.2. The van der Waals surface area contributed by atoms with Gasteiger partial charge in [-0.15, -0.1) is 10.2 Å². The molecule has 0 unspecified atom stereocenters. The molecule has 0 saturated heterocycles. The molecule has 7 nitrogen and oxygen atoms in total. The van der Waals surface area contributed by atoms with Crippen LogP contribution in [0.3, 0.4) is 0 Å². The molecule has 1 aromatic heterocycles. The number of nitrogens with two attached hydrogens (primary N) is 1. The van der Waals surface area contributed by atoms with E-state index < -0.39 is 5.82 Å². The van der Waals surface area contributed by atoms with Crippen LogP contribution in [0.25, 0.3) is 0 Å². The molecule has 1 amide bonds. The van der Waals surface area contributed by atoms with Crippen LogP contribution in [0.1, 0.15) is 11.4 Å². The number of halogens is 2. The Kier molecular flexibility index (Phi) is 6.65. The van der Waals surface area contributed by atoms with Gasteiger partial charge in [0.05, 0.1) is 5.75 Å². The summed E-state index contributed by atoms with van der Waals surface area (Å²) in [6, 6.07) is 12.0. The molecule has 0 aliphatic rings. The first-order chi connectivity index (χ1) is 13.9. The largest absolute Gasteiger partial charge is 0.482 e. The molecular weight excluding hydrogens is 400 g/mol. The van der Waals surface area contributed by atoms with E-state index >= 15 is 0 Å². The number of amides is 1. The average molecular weight is 419 g/mol. The number of para-hydroxylation sites is 1. The second-order valence-electron chi connectivity index (χ2n) is 6.15. The van der Waals surface area contributed by atoms with Crippen molar-refractivity contribution in [2.24, 2.45) is 0 Å². The number of hydrogen-bond donors (Lipinski definition) is 1. The molecule has 0 atom stereocenters. The molecule has 2 aromatic carbocycles. The van der Waals surface area contributed by atoms with E-state index in [0.717, 1.165) is 17.3 Å². The van der Waals surface area contributed by atoms with Gasteiger partial charge in [0.15, 0.2) is 17.4 Å². The Labute approximate surface area is 170 Å². The number of nitrogen functional groups attached to an aromatic ring is 1. The number of benzene rings is 2. The number of nitrogens with zero attached hydrogens (tertiary/aromatic N) is 4. The van der Waals surface area contributed by atoms with Gasteiger partial charge in [0.2, 0.25) is 11.1 Å². The summed E-state index contributed by atoms with van der Waals surface area (Å²) >= 11 is 1.13. The van der Waals surface area contributed by atoms with Crippen molar-refractivity contribution in [3.05, 3.63) is 71.6 Å². The zero-order chi connectivity index (χ0) is 20.8. The van der Waals surface area contributed by atoms with Crippen LogP contribution in [0.5, 0.6) is 5.75 Å². The van der Waals surface area contributed by atoms with Crippen LogP contribution >= 0.6 is 11.8 Å². The molecule has 0 fully saturated rings. The van der Waals surface area contributed by atoms with E-state index in [1.165, 1.54) is 33.8 Å². The summed E-state index contributed by atoms with van der Waals surface area (Å²) in [4.78, 5) is 13.8. The Morgan fingerprint density at radius 3 is 2.62 bits per heavy atom. The van der Waals surface area contributed by atoms with Crippen molar-refractivity contribution in [3.63, 3.8) is 0 Å². The molecule has 3 rings (SSSR count). The summed E-state index contributed by atoms with van der Waals surface area (Å²) in [7, 11) is 1.66. The smallest absolute Gasteiger partial charge is 0.233 e. The topological polar surface area (TPSA) is 86.3 Å². The maximum absolute atomic E-state index is 13.6. The highest BCUT2D eigenvalue weighted by Gasteiger charge is 2.15. The Morgan fingerprint density at radius 1 is 1.17 bits per heavy atom. The quantitative estimate of drug-likeness (QED) is 0.446. The minimum Gasteiger partial charge on any atom is -0.482 e. The van der Waals surface area contributed by atoms with Gasteiger partial charge in [0.1, 0.15) is 12.4 Å². The average Bonchev–Trinajstić information content (AvgIpc) is 3.06. The summed E-state index contributed by atoms with van der Waals surface area (Å²) in [6.07, 6.45) is 0. The predicted molar refractivity (Wildman–Crippen MR) is 105 cm³/mol. The Bertz CT molecular complexity index is 981. The third-order valence-corrected chi connectivity index (χ3v) is 4.94. The second kappa shape index (κ2) is 9.37. The van der Waals surface area contributed by atoms with E-state index in [9.17, 15) is 13.6 Å². The van der Waals surface area contributed by atoms with Gasteiger partial charge in [-0.2, -0.15) is 0 Å². The van der Waals surface area contributed by atoms with Gasteiger partial charge >= 0.3 is 0 Å². The molecule has 1 heterocycles. The van der Waals surface area contributed by atoms with Gasteiger partial charge < -0.3 is 15.5 Å². The molecule has 10 heteroatoms. The van der Waals surface area contributed by atoms with Crippen LogP contribution in [-0.2, 0) is 17.9 Å². The van der Waals surface area contributed by atoms with E-state index in [2.05, 4.69) is 10.2 Å². The first-order valence-electron chi connectivity index (χ1n) is 8.62. The third kappa shape index (κ3) is 5.44. The highest BCUT2D eigenvalue weighted by Crippen LogP contribution is 2.19. The molecule has 0 aliphatic carbocycles. The van der Waals surface area contributed by atoms with Crippen LogP contribution in [-0.4, -0.2) is 38.5 Å². The zero-order valence-electron chi connectivity index (χ0n) is 15.6. The number of ether oxygens (including phenoxy) is 1. The fourth-order valence-electron chi connectivity index (χ4n) is 2.40. The molecule has 0 spiro atoms. The van der Waals surface area contributed by atoms with Crippen LogP contribution < -0.4 is 10.6 Å². The van der Waals surface area contributed by atoms with Crippen molar-refractivity contribution in [3.8, 4) is 5.75 Å². The van der Waals surface area contributed by atoms with E-state index in [4.69, 9.17) is 10.6 Å². The molecule has 0 radical (unpaired) electrons. The molecule has 0 bridgehead atoms. The number of carbonyl (C=O) groups excluding carboxylic acids is 1. The van der Waals surface area contributed by atoms with Gasteiger partial charge in [0, 0.05) is 13.6 Å². The maximum Gasteiger partial charge on any atom is 0.233 e. The van der Waals surface area contributed by atoms with Gasteiger partial charge in [-0.25, -0.2) is 13.5 Å². The minimum atomic E-state index is -0.486. The summed E-state index contributed by atoms with van der Waals surface area (Å²) in [5.41, 5.74) is 0.821. The summed E-state index contributed by atoms with van der Waals surface area (Å²) < 4.78 is 33.1. The third-order valence-electron chi connectivity index (χ3n) is 4.01. The number of rotatable bonds is 8. The van der Waals surface area contributed by atoms with Crippen LogP contribution in [0.2, 0.25) is 0 Å². The molecular formula is C19H19F2N5O2S. The standard InChI is InChI=1S/C19H19F2N5O2S/c1-25(10-13-6-8-14(20)9-7-13)18(27)12-29-19-24-23-17(26(19)22)11-28-16-5-3-2-4-15(16)21/h2-9H,10-12,22H2,1H3. The molecule has 0 aliphatic heterocycles. The predicted octanol–water partition coefficient (Wildman–Crippen LogP) is 2.60. The second-order valence-corrected chi connectivity index (χ2v) is 7.10. The number of hydrogen-bond acceptors (Lipinski definition) is 6. The lowest BCUT2D eigenvalue weighted by molar-refractivity contribution is -0.127. The Morgan fingerprint density at radius 2 is 1.90 bits per heavy atom. The molecule has 2 N–H and O–H groups in total. The first-order valence-corrected chi connectivity index (χ1v) is 9.60.